The van der Waals surface area contributed by atoms with Gasteiger partial charge in [-0.1, -0.05) is 0 Å². The highest BCUT2D eigenvalue weighted by Gasteiger charge is 2.07. The van der Waals surface area contributed by atoms with E-state index in [2.05, 4.69) is 25.8 Å². The molecule has 8 nitrogen and oxygen atoms in total. The van der Waals surface area contributed by atoms with Gasteiger partial charge in [-0.3, -0.25) is 4.79 Å². The summed E-state index contributed by atoms with van der Waals surface area (Å²) in [6.45, 7) is 6.14. The molecule has 0 radical (unpaired) electrons. The second kappa shape index (κ2) is 9.36. The Kier molecular flexibility index (Phi) is 6.90. The van der Waals surface area contributed by atoms with Gasteiger partial charge in [-0.2, -0.15) is 5.10 Å². The molecule has 2 N–H and O–H groups in total. The number of likely N-dealkylation sites (N-methyl/N-ethyl adjacent to an activating group) is 1. The summed E-state index contributed by atoms with van der Waals surface area (Å²) in [5.74, 6) is 1.26. The van der Waals surface area contributed by atoms with E-state index < -0.39 is 0 Å². The molecule has 0 atom stereocenters. The Morgan fingerprint density at radius 1 is 1.19 bits per heavy atom. The van der Waals surface area contributed by atoms with E-state index in [9.17, 15) is 4.79 Å². The number of ether oxygens (including phenoxy) is 2. The number of rotatable bonds is 8. The van der Waals surface area contributed by atoms with Crippen LogP contribution in [0.15, 0.2) is 29.4 Å². The van der Waals surface area contributed by atoms with E-state index in [0.717, 1.165) is 17.0 Å². The molecule has 0 aliphatic rings. The molecule has 0 aliphatic carbocycles. The van der Waals surface area contributed by atoms with Gasteiger partial charge in [0.2, 0.25) is 5.95 Å². The van der Waals surface area contributed by atoms with Crippen LogP contribution >= 0.6 is 0 Å². The maximum Gasteiger partial charge on any atom is 0.257 e. The van der Waals surface area contributed by atoms with Crippen LogP contribution in [0.1, 0.15) is 23.9 Å². The van der Waals surface area contributed by atoms with Gasteiger partial charge >= 0.3 is 0 Å². The highest BCUT2D eigenvalue weighted by Crippen LogP contribution is 2.27. The van der Waals surface area contributed by atoms with Crippen molar-refractivity contribution in [1.82, 2.24) is 15.3 Å². The number of anilines is 1. The summed E-state index contributed by atoms with van der Waals surface area (Å²) in [6.07, 6.45) is 1.62. The molecule has 0 aliphatic heterocycles. The molecule has 0 saturated carbocycles. The van der Waals surface area contributed by atoms with Crippen molar-refractivity contribution in [3.63, 3.8) is 0 Å². The van der Waals surface area contributed by atoms with Crippen LogP contribution < -0.4 is 20.2 Å². The minimum Gasteiger partial charge on any atom is -0.493 e. The third-order valence-corrected chi connectivity index (χ3v) is 3.28. The van der Waals surface area contributed by atoms with E-state index >= 15 is 0 Å². The molecule has 26 heavy (non-hydrogen) atoms. The fourth-order valence-electron chi connectivity index (χ4n) is 2.22. The predicted molar refractivity (Wildman–Crippen MR) is 99.9 cm³/mol. The van der Waals surface area contributed by atoms with Crippen molar-refractivity contribution < 1.29 is 14.3 Å². The molecule has 2 aromatic rings. The first-order chi connectivity index (χ1) is 12.5. The van der Waals surface area contributed by atoms with Crippen LogP contribution in [-0.4, -0.2) is 42.4 Å². The van der Waals surface area contributed by atoms with E-state index in [1.165, 1.54) is 7.11 Å². The number of hydrogen-bond acceptors (Lipinski definition) is 7. The Hall–Kier alpha value is -3.16. The third-order valence-electron chi connectivity index (χ3n) is 3.28. The fourth-order valence-corrected chi connectivity index (χ4v) is 2.22. The molecule has 0 spiro atoms. The molecule has 0 saturated heterocycles. The first-order valence-electron chi connectivity index (χ1n) is 8.20. The van der Waals surface area contributed by atoms with Gasteiger partial charge in [0.15, 0.2) is 18.1 Å². The zero-order valence-corrected chi connectivity index (χ0v) is 15.4. The topological polar surface area (TPSA) is 97.7 Å². The Morgan fingerprint density at radius 2 is 1.92 bits per heavy atom. The molecular formula is C18H23N5O3. The van der Waals surface area contributed by atoms with Crippen LogP contribution in [0.3, 0.4) is 0 Å². The standard InChI is InChI=1S/C18H23N5O3/c1-5-19-17(24)11-26-15-7-6-14(9-16(15)25-4)10-20-23-18-21-12(2)8-13(3)22-18/h6-10H,5,11H2,1-4H3,(H,19,24)(H,21,22,23)/b20-10+. The van der Waals surface area contributed by atoms with Gasteiger partial charge in [-0.25, -0.2) is 15.4 Å². The van der Waals surface area contributed by atoms with Gasteiger partial charge < -0.3 is 14.8 Å². The zero-order chi connectivity index (χ0) is 18.9. The van der Waals surface area contributed by atoms with Crippen LogP contribution in [0.25, 0.3) is 0 Å². The average Bonchev–Trinajstić information content (AvgIpc) is 2.60. The number of methoxy groups -OCH3 is 1. The molecule has 1 heterocycles. The number of amides is 1. The number of carbonyl (C=O) groups excluding carboxylic acids is 1. The molecule has 1 aromatic carbocycles. The summed E-state index contributed by atoms with van der Waals surface area (Å²) in [7, 11) is 1.54. The number of nitrogens with zero attached hydrogens (tertiary/aromatic N) is 3. The lowest BCUT2D eigenvalue weighted by molar-refractivity contribution is -0.123. The first kappa shape index (κ1) is 19.2. The number of hydrogen-bond donors (Lipinski definition) is 2. The molecule has 8 heteroatoms. The number of hydrazone groups is 1. The van der Waals surface area contributed by atoms with Crippen LogP contribution in [-0.2, 0) is 4.79 Å². The van der Waals surface area contributed by atoms with E-state index in [1.54, 1.807) is 18.3 Å². The minimum absolute atomic E-state index is 0.0662. The van der Waals surface area contributed by atoms with Crippen molar-refractivity contribution in [1.29, 1.82) is 0 Å². The quantitative estimate of drug-likeness (QED) is 0.554. The normalized spacial score (nSPS) is 10.6. The molecule has 1 aromatic heterocycles. The molecule has 0 fully saturated rings. The van der Waals surface area contributed by atoms with Crippen LogP contribution in [0.4, 0.5) is 5.95 Å². The Bertz CT molecular complexity index is 772. The summed E-state index contributed by atoms with van der Waals surface area (Å²) in [5.41, 5.74) is 5.33. The van der Waals surface area contributed by atoms with Crippen LogP contribution in [0.5, 0.6) is 11.5 Å². The van der Waals surface area contributed by atoms with Gasteiger partial charge in [0.05, 0.1) is 13.3 Å². The van der Waals surface area contributed by atoms with Crippen LogP contribution in [0.2, 0.25) is 0 Å². The first-order valence-corrected chi connectivity index (χ1v) is 8.20. The van der Waals surface area contributed by atoms with E-state index in [0.29, 0.717) is 24.0 Å². The summed E-state index contributed by atoms with van der Waals surface area (Å²) in [5, 5.41) is 6.81. The summed E-state index contributed by atoms with van der Waals surface area (Å²) >= 11 is 0. The highest BCUT2D eigenvalue weighted by atomic mass is 16.5. The molecular weight excluding hydrogens is 334 g/mol. The summed E-state index contributed by atoms with van der Waals surface area (Å²) in [4.78, 5) is 20.0. The van der Waals surface area contributed by atoms with Gasteiger partial charge in [0, 0.05) is 17.9 Å². The molecule has 138 valence electrons. The van der Waals surface area contributed by atoms with Crippen molar-refractivity contribution in [3.05, 3.63) is 41.2 Å². The van der Waals surface area contributed by atoms with Gasteiger partial charge in [0.1, 0.15) is 0 Å². The van der Waals surface area contributed by atoms with Gasteiger partial charge in [-0.15, -0.1) is 0 Å². The van der Waals surface area contributed by atoms with E-state index in [-0.39, 0.29) is 12.5 Å². The molecule has 0 bridgehead atoms. The van der Waals surface area contributed by atoms with Gasteiger partial charge in [-0.05, 0) is 50.6 Å². The molecule has 0 unspecified atom stereocenters. The SMILES string of the molecule is CCNC(=O)COc1ccc(/C=N/Nc2nc(C)cc(C)n2)cc1OC. The number of benzene rings is 1. The fraction of sp³-hybridized carbons (Fsp3) is 0.333. The van der Waals surface area contributed by atoms with Crippen molar-refractivity contribution in [2.24, 2.45) is 5.10 Å². The van der Waals surface area contributed by atoms with Crippen molar-refractivity contribution in [2.45, 2.75) is 20.8 Å². The lowest BCUT2D eigenvalue weighted by atomic mass is 10.2. The maximum absolute atomic E-state index is 11.5. The number of nitrogens with one attached hydrogen (secondary N) is 2. The lowest BCUT2D eigenvalue weighted by Crippen LogP contribution is -2.28. The van der Waals surface area contributed by atoms with Gasteiger partial charge in [0.25, 0.3) is 5.91 Å². The molecule has 2 rings (SSSR count). The monoisotopic (exact) mass is 357 g/mol. The second-order valence-corrected chi connectivity index (χ2v) is 5.50. The number of aryl methyl sites for hydroxylation is 2. The highest BCUT2D eigenvalue weighted by molar-refractivity contribution is 5.81. The van der Waals surface area contributed by atoms with E-state index in [1.807, 2.05) is 32.9 Å². The third kappa shape index (κ3) is 5.73. The Balaban J connectivity index is 2.02. The predicted octanol–water partition coefficient (Wildman–Crippen LogP) is 2.06. The smallest absolute Gasteiger partial charge is 0.257 e. The lowest BCUT2D eigenvalue weighted by Gasteiger charge is -2.11. The minimum atomic E-state index is -0.183. The van der Waals surface area contributed by atoms with Crippen molar-refractivity contribution >= 4 is 18.1 Å². The maximum atomic E-state index is 11.5. The summed E-state index contributed by atoms with van der Waals surface area (Å²) < 4.78 is 10.8. The van der Waals surface area contributed by atoms with Crippen molar-refractivity contribution in [2.75, 3.05) is 25.7 Å². The Labute approximate surface area is 152 Å². The Morgan fingerprint density at radius 3 is 2.58 bits per heavy atom. The van der Waals surface area contributed by atoms with E-state index in [4.69, 9.17) is 9.47 Å². The number of aromatic nitrogens is 2. The van der Waals surface area contributed by atoms with Crippen LogP contribution in [0, 0.1) is 13.8 Å². The molecule has 1 amide bonds. The largest absolute Gasteiger partial charge is 0.493 e. The average molecular weight is 357 g/mol. The second-order valence-electron chi connectivity index (χ2n) is 5.50. The zero-order valence-electron chi connectivity index (χ0n) is 15.4. The van der Waals surface area contributed by atoms with Crippen molar-refractivity contribution in [3.8, 4) is 11.5 Å². The number of carbonyl (C=O) groups is 1. The summed E-state index contributed by atoms with van der Waals surface area (Å²) in [6, 6.07) is 7.19.